The van der Waals surface area contributed by atoms with Gasteiger partial charge in [0, 0.05) is 5.56 Å². The number of ketones is 1. The van der Waals surface area contributed by atoms with Crippen molar-refractivity contribution in [1.29, 1.82) is 0 Å². The summed E-state index contributed by atoms with van der Waals surface area (Å²) < 4.78 is 5.37. The summed E-state index contributed by atoms with van der Waals surface area (Å²) in [5, 5.41) is 1.78. The lowest BCUT2D eigenvalue weighted by Crippen LogP contribution is -2.24. The van der Waals surface area contributed by atoms with Gasteiger partial charge in [-0.15, -0.1) is 0 Å². The first-order valence-corrected chi connectivity index (χ1v) is 7.45. The number of fused-ring (bicyclic) bond motifs is 1. The van der Waals surface area contributed by atoms with E-state index in [0.717, 1.165) is 10.8 Å². The Labute approximate surface area is 134 Å². The van der Waals surface area contributed by atoms with Gasteiger partial charge in [0.25, 0.3) is 0 Å². The van der Waals surface area contributed by atoms with Gasteiger partial charge in [-0.2, -0.15) is 0 Å². The van der Waals surface area contributed by atoms with E-state index in [-0.39, 0.29) is 5.78 Å². The van der Waals surface area contributed by atoms with Crippen molar-refractivity contribution >= 4 is 22.5 Å². The molecule has 3 aromatic carbocycles. The number of carbonyl (C=O) groups is 2. The van der Waals surface area contributed by atoms with Gasteiger partial charge in [0.1, 0.15) is 0 Å². The molecule has 23 heavy (non-hydrogen) atoms. The maximum Gasteiger partial charge on any atom is 0.339 e. The molecule has 0 saturated carbocycles. The molecule has 0 radical (unpaired) electrons. The predicted molar refractivity (Wildman–Crippen MR) is 89.6 cm³/mol. The highest BCUT2D eigenvalue weighted by Crippen LogP contribution is 2.20. The van der Waals surface area contributed by atoms with Gasteiger partial charge in [-0.25, -0.2) is 4.79 Å². The van der Waals surface area contributed by atoms with Crippen LogP contribution in [0, 0.1) is 0 Å². The highest BCUT2D eigenvalue weighted by Gasteiger charge is 2.21. The van der Waals surface area contributed by atoms with Gasteiger partial charge < -0.3 is 4.74 Å². The summed E-state index contributed by atoms with van der Waals surface area (Å²) >= 11 is 0. The minimum atomic E-state index is -0.830. The number of hydrogen-bond donors (Lipinski definition) is 0. The molecular weight excluding hydrogens is 288 g/mol. The van der Waals surface area contributed by atoms with E-state index >= 15 is 0 Å². The molecule has 0 aromatic heterocycles. The minimum Gasteiger partial charge on any atom is -0.451 e. The summed E-state index contributed by atoms with van der Waals surface area (Å²) in [6.45, 7) is 1.60. The average molecular weight is 304 g/mol. The smallest absolute Gasteiger partial charge is 0.339 e. The van der Waals surface area contributed by atoms with Gasteiger partial charge >= 0.3 is 5.97 Å². The number of Topliss-reactive ketones (excluding diaryl/α,β-unsaturated/α-hetero) is 1. The Balaban J connectivity index is 1.82. The molecule has 0 unspecified atom stereocenters. The molecule has 0 aliphatic heterocycles. The Morgan fingerprint density at radius 3 is 2.26 bits per heavy atom. The van der Waals surface area contributed by atoms with Crippen LogP contribution >= 0.6 is 0 Å². The van der Waals surface area contributed by atoms with Crippen LogP contribution in [-0.2, 0) is 4.74 Å². The molecule has 0 aliphatic carbocycles. The number of hydrogen-bond acceptors (Lipinski definition) is 3. The summed E-state index contributed by atoms with van der Waals surface area (Å²) in [6.07, 6.45) is -0.830. The van der Waals surface area contributed by atoms with Crippen molar-refractivity contribution in [3.05, 3.63) is 83.9 Å². The molecule has 3 nitrogen and oxygen atoms in total. The van der Waals surface area contributed by atoms with Gasteiger partial charge in [-0.3, -0.25) is 4.79 Å². The van der Waals surface area contributed by atoms with Crippen LogP contribution in [0.15, 0.2) is 72.8 Å². The lowest BCUT2D eigenvalue weighted by atomic mass is 10.0. The van der Waals surface area contributed by atoms with Crippen LogP contribution in [-0.4, -0.2) is 17.9 Å². The molecule has 0 amide bonds. The maximum atomic E-state index is 12.4. The van der Waals surface area contributed by atoms with Crippen molar-refractivity contribution < 1.29 is 14.3 Å². The van der Waals surface area contributed by atoms with Crippen LogP contribution in [0.2, 0.25) is 0 Å². The van der Waals surface area contributed by atoms with Crippen LogP contribution in [0.1, 0.15) is 27.6 Å². The number of carbonyl (C=O) groups excluding carboxylic acids is 2. The van der Waals surface area contributed by atoms with Crippen LogP contribution in [0.3, 0.4) is 0 Å². The van der Waals surface area contributed by atoms with E-state index in [9.17, 15) is 9.59 Å². The van der Waals surface area contributed by atoms with Gasteiger partial charge in [0.15, 0.2) is 6.10 Å². The highest BCUT2D eigenvalue weighted by molar-refractivity contribution is 6.06. The summed E-state index contributed by atoms with van der Waals surface area (Å²) in [5.41, 5.74) is 1.00. The quantitative estimate of drug-likeness (QED) is 0.534. The first kappa shape index (κ1) is 15.0. The van der Waals surface area contributed by atoms with Crippen molar-refractivity contribution in [1.82, 2.24) is 0 Å². The number of ether oxygens (including phenoxy) is 1. The zero-order valence-electron chi connectivity index (χ0n) is 12.7. The topological polar surface area (TPSA) is 43.4 Å². The van der Waals surface area contributed by atoms with Crippen LogP contribution < -0.4 is 0 Å². The molecule has 0 aliphatic rings. The zero-order valence-corrected chi connectivity index (χ0v) is 12.7. The van der Waals surface area contributed by atoms with E-state index < -0.39 is 12.1 Å². The minimum absolute atomic E-state index is 0.209. The molecule has 0 spiro atoms. The van der Waals surface area contributed by atoms with Gasteiger partial charge in [0.05, 0.1) is 5.56 Å². The van der Waals surface area contributed by atoms with Crippen LogP contribution in [0.4, 0.5) is 0 Å². The third-order valence-electron chi connectivity index (χ3n) is 3.72. The molecule has 3 rings (SSSR count). The summed E-state index contributed by atoms with van der Waals surface area (Å²) in [6, 6.07) is 21.9. The Bertz CT molecular complexity index is 848. The third kappa shape index (κ3) is 3.14. The molecule has 3 heteroatoms. The number of rotatable bonds is 4. The van der Waals surface area contributed by atoms with Crippen LogP contribution in [0.25, 0.3) is 10.8 Å². The highest BCUT2D eigenvalue weighted by atomic mass is 16.5. The van der Waals surface area contributed by atoms with Crippen molar-refractivity contribution in [2.75, 3.05) is 0 Å². The summed E-state index contributed by atoms with van der Waals surface area (Å²) in [4.78, 5) is 24.7. The molecule has 114 valence electrons. The van der Waals surface area contributed by atoms with E-state index in [1.807, 2.05) is 42.5 Å². The van der Waals surface area contributed by atoms with Gasteiger partial charge in [-0.05, 0) is 23.8 Å². The van der Waals surface area contributed by atoms with E-state index in [1.165, 1.54) is 0 Å². The lowest BCUT2D eigenvalue weighted by Gasteiger charge is -2.13. The molecule has 0 bridgehead atoms. The van der Waals surface area contributed by atoms with E-state index in [4.69, 9.17) is 4.74 Å². The second kappa shape index (κ2) is 6.44. The Morgan fingerprint density at radius 1 is 0.826 bits per heavy atom. The molecule has 0 N–H and O–H groups in total. The first-order valence-electron chi connectivity index (χ1n) is 7.45. The van der Waals surface area contributed by atoms with Gasteiger partial charge in [0.2, 0.25) is 5.78 Å². The van der Waals surface area contributed by atoms with E-state index in [1.54, 1.807) is 37.3 Å². The molecular formula is C20H16O3. The van der Waals surface area contributed by atoms with Crippen molar-refractivity contribution in [2.45, 2.75) is 13.0 Å². The zero-order chi connectivity index (χ0) is 16.2. The SMILES string of the molecule is C[C@H](OC(=O)c1cccc2ccccc12)C(=O)c1ccccc1. The van der Waals surface area contributed by atoms with Crippen molar-refractivity contribution in [3.8, 4) is 0 Å². The molecule has 3 aromatic rings. The Hall–Kier alpha value is -2.94. The second-order valence-corrected chi connectivity index (χ2v) is 5.30. The summed E-state index contributed by atoms with van der Waals surface area (Å²) in [5.74, 6) is -0.697. The third-order valence-corrected chi connectivity index (χ3v) is 3.72. The number of esters is 1. The fourth-order valence-electron chi connectivity index (χ4n) is 2.52. The normalized spacial score (nSPS) is 11.9. The van der Waals surface area contributed by atoms with Crippen molar-refractivity contribution in [2.24, 2.45) is 0 Å². The molecule has 0 fully saturated rings. The van der Waals surface area contributed by atoms with Crippen LogP contribution in [0.5, 0.6) is 0 Å². The predicted octanol–water partition coefficient (Wildman–Crippen LogP) is 4.27. The summed E-state index contributed by atoms with van der Waals surface area (Å²) in [7, 11) is 0. The standard InChI is InChI=1S/C20H16O3/c1-14(19(21)16-9-3-2-4-10-16)23-20(22)18-13-7-11-15-8-5-6-12-17(15)18/h2-14H,1H3/t14-/m0/s1. The largest absolute Gasteiger partial charge is 0.451 e. The Kier molecular flexibility index (Phi) is 4.20. The molecule has 0 saturated heterocycles. The molecule has 0 heterocycles. The lowest BCUT2D eigenvalue weighted by molar-refractivity contribution is 0.0321. The molecule has 1 atom stereocenters. The van der Waals surface area contributed by atoms with E-state index in [2.05, 4.69) is 0 Å². The van der Waals surface area contributed by atoms with E-state index in [0.29, 0.717) is 11.1 Å². The number of benzene rings is 3. The Morgan fingerprint density at radius 2 is 1.48 bits per heavy atom. The fraction of sp³-hybridized carbons (Fsp3) is 0.100. The maximum absolute atomic E-state index is 12.4. The monoisotopic (exact) mass is 304 g/mol. The average Bonchev–Trinajstić information content (AvgIpc) is 2.61. The first-order chi connectivity index (χ1) is 11.2. The van der Waals surface area contributed by atoms with Crippen molar-refractivity contribution in [3.63, 3.8) is 0 Å². The second-order valence-electron chi connectivity index (χ2n) is 5.30. The fourth-order valence-corrected chi connectivity index (χ4v) is 2.52. The van der Waals surface area contributed by atoms with Gasteiger partial charge in [-0.1, -0.05) is 66.7 Å².